The molecule has 0 aromatic carbocycles. The predicted octanol–water partition coefficient (Wildman–Crippen LogP) is 0.673. The van der Waals surface area contributed by atoms with Gasteiger partial charge in [0, 0.05) is 6.54 Å². The van der Waals surface area contributed by atoms with Gasteiger partial charge in [-0.2, -0.15) is 11.8 Å². The molecule has 2 amide bonds. The van der Waals surface area contributed by atoms with Crippen molar-refractivity contribution in [1.29, 1.82) is 0 Å². The second kappa shape index (κ2) is 9.88. The molecular weight excluding hydrogens is 330 g/mol. The molecule has 3 atom stereocenters. The van der Waals surface area contributed by atoms with Gasteiger partial charge < -0.3 is 21.1 Å². The van der Waals surface area contributed by atoms with Crippen LogP contribution in [-0.2, 0) is 14.4 Å². The highest BCUT2D eigenvalue weighted by Crippen LogP contribution is 2.20. The van der Waals surface area contributed by atoms with E-state index in [0.29, 0.717) is 25.8 Å². The summed E-state index contributed by atoms with van der Waals surface area (Å²) in [5.74, 6) is -0.742. The number of likely N-dealkylation sites (tertiary alicyclic amines) is 1. The van der Waals surface area contributed by atoms with Crippen LogP contribution in [-0.4, -0.2) is 64.5 Å². The normalized spacial score (nSPS) is 20.0. The van der Waals surface area contributed by atoms with Crippen molar-refractivity contribution in [2.75, 3.05) is 18.6 Å². The molecular formula is C16H29N3O4S. The van der Waals surface area contributed by atoms with Gasteiger partial charge in [-0.15, -0.1) is 0 Å². The molecule has 0 bridgehead atoms. The predicted molar refractivity (Wildman–Crippen MR) is 94.7 cm³/mol. The van der Waals surface area contributed by atoms with Crippen LogP contribution in [0.15, 0.2) is 0 Å². The zero-order valence-corrected chi connectivity index (χ0v) is 15.5. The van der Waals surface area contributed by atoms with Crippen molar-refractivity contribution in [3.63, 3.8) is 0 Å². The van der Waals surface area contributed by atoms with E-state index in [9.17, 15) is 19.5 Å². The van der Waals surface area contributed by atoms with Gasteiger partial charge in [0.1, 0.15) is 12.1 Å². The molecule has 1 rings (SSSR count). The first-order valence-electron chi connectivity index (χ1n) is 8.36. The molecule has 4 N–H and O–H groups in total. The Kier molecular flexibility index (Phi) is 8.55. The van der Waals surface area contributed by atoms with Gasteiger partial charge in [0.2, 0.25) is 11.8 Å². The summed E-state index contributed by atoms with van der Waals surface area (Å²) in [6, 6.07) is -2.16. The van der Waals surface area contributed by atoms with E-state index in [1.165, 1.54) is 4.90 Å². The highest BCUT2D eigenvalue weighted by molar-refractivity contribution is 7.98. The molecule has 0 spiro atoms. The van der Waals surface area contributed by atoms with Crippen LogP contribution in [0.5, 0.6) is 0 Å². The molecule has 0 saturated carbocycles. The van der Waals surface area contributed by atoms with E-state index in [1.807, 2.05) is 20.1 Å². The first-order chi connectivity index (χ1) is 11.3. The van der Waals surface area contributed by atoms with Crippen LogP contribution in [0.25, 0.3) is 0 Å². The van der Waals surface area contributed by atoms with Crippen LogP contribution in [0, 0.1) is 5.92 Å². The van der Waals surface area contributed by atoms with Gasteiger partial charge in [-0.1, -0.05) is 13.8 Å². The largest absolute Gasteiger partial charge is 0.480 e. The average molecular weight is 359 g/mol. The number of nitrogens with two attached hydrogens (primary N) is 1. The van der Waals surface area contributed by atoms with Crippen molar-refractivity contribution in [3.05, 3.63) is 0 Å². The smallest absolute Gasteiger partial charge is 0.326 e. The van der Waals surface area contributed by atoms with Crippen LogP contribution < -0.4 is 11.1 Å². The van der Waals surface area contributed by atoms with Crippen molar-refractivity contribution in [2.45, 2.75) is 57.7 Å². The summed E-state index contributed by atoms with van der Waals surface area (Å²) in [4.78, 5) is 37.8. The highest BCUT2D eigenvalue weighted by atomic mass is 32.2. The summed E-state index contributed by atoms with van der Waals surface area (Å²) >= 11 is 1.62. The summed E-state index contributed by atoms with van der Waals surface area (Å²) in [7, 11) is 0. The maximum absolute atomic E-state index is 12.5. The van der Waals surface area contributed by atoms with Gasteiger partial charge in [-0.05, 0) is 43.6 Å². The number of rotatable bonds is 9. The van der Waals surface area contributed by atoms with Crippen molar-refractivity contribution in [3.8, 4) is 0 Å². The summed E-state index contributed by atoms with van der Waals surface area (Å²) < 4.78 is 0. The molecule has 1 saturated heterocycles. The molecule has 0 aromatic rings. The third kappa shape index (κ3) is 5.98. The average Bonchev–Trinajstić information content (AvgIpc) is 3.00. The number of aliphatic carboxylic acids is 1. The minimum Gasteiger partial charge on any atom is -0.480 e. The summed E-state index contributed by atoms with van der Waals surface area (Å²) in [6.07, 6.45) is 4.14. The summed E-state index contributed by atoms with van der Waals surface area (Å²) in [5.41, 5.74) is 5.93. The fourth-order valence-corrected chi connectivity index (χ4v) is 3.33. The van der Waals surface area contributed by atoms with Crippen molar-refractivity contribution < 1.29 is 19.5 Å². The van der Waals surface area contributed by atoms with Crippen LogP contribution in [0.2, 0.25) is 0 Å². The second-order valence-corrected chi connectivity index (χ2v) is 7.59. The fourth-order valence-electron chi connectivity index (χ4n) is 2.85. The third-order valence-corrected chi connectivity index (χ3v) is 4.75. The third-order valence-electron chi connectivity index (χ3n) is 4.11. The Hall–Kier alpha value is -1.28. The lowest BCUT2D eigenvalue weighted by atomic mass is 10.0. The van der Waals surface area contributed by atoms with Gasteiger partial charge in [-0.3, -0.25) is 9.59 Å². The van der Waals surface area contributed by atoms with Crippen molar-refractivity contribution in [1.82, 2.24) is 10.2 Å². The molecule has 7 nitrogen and oxygen atoms in total. The minimum atomic E-state index is -1.05. The van der Waals surface area contributed by atoms with Crippen LogP contribution >= 0.6 is 11.8 Å². The van der Waals surface area contributed by atoms with E-state index < -0.39 is 30.0 Å². The fraction of sp³-hybridized carbons (Fsp3) is 0.812. The minimum absolute atomic E-state index is 0.146. The zero-order chi connectivity index (χ0) is 18.3. The number of carboxylic acid groups (broad SMARTS) is 1. The monoisotopic (exact) mass is 359 g/mol. The van der Waals surface area contributed by atoms with Gasteiger partial charge >= 0.3 is 5.97 Å². The first kappa shape index (κ1) is 20.8. The van der Waals surface area contributed by atoms with Crippen molar-refractivity contribution in [2.24, 2.45) is 11.7 Å². The Bertz CT molecular complexity index is 459. The van der Waals surface area contributed by atoms with E-state index >= 15 is 0 Å². The van der Waals surface area contributed by atoms with E-state index in [2.05, 4.69) is 5.32 Å². The van der Waals surface area contributed by atoms with E-state index in [-0.39, 0.29) is 11.8 Å². The number of carboxylic acids is 1. The van der Waals surface area contributed by atoms with Gasteiger partial charge in [0.05, 0.1) is 6.04 Å². The maximum atomic E-state index is 12.5. The topological polar surface area (TPSA) is 113 Å². The molecule has 138 valence electrons. The molecule has 0 aliphatic carbocycles. The molecule has 1 aliphatic rings. The number of thioether (sulfide) groups is 1. The zero-order valence-electron chi connectivity index (χ0n) is 14.7. The molecule has 0 radical (unpaired) electrons. The lowest BCUT2D eigenvalue weighted by Crippen LogP contribution is -2.54. The van der Waals surface area contributed by atoms with E-state index in [4.69, 9.17) is 5.73 Å². The van der Waals surface area contributed by atoms with Crippen molar-refractivity contribution >= 4 is 29.5 Å². The lowest BCUT2D eigenvalue weighted by Gasteiger charge is -2.28. The summed E-state index contributed by atoms with van der Waals surface area (Å²) in [6.45, 7) is 4.29. The lowest BCUT2D eigenvalue weighted by molar-refractivity contribution is -0.144. The number of hydrogen-bond donors (Lipinski definition) is 3. The van der Waals surface area contributed by atoms with E-state index in [1.54, 1.807) is 11.8 Å². The molecule has 8 heteroatoms. The number of carbonyl (C=O) groups is 3. The Morgan fingerprint density at radius 2 is 2.04 bits per heavy atom. The Balaban J connectivity index is 2.70. The molecule has 1 heterocycles. The number of hydrogen-bond acceptors (Lipinski definition) is 5. The van der Waals surface area contributed by atoms with Crippen LogP contribution in [0.4, 0.5) is 0 Å². The number of amides is 2. The Morgan fingerprint density at radius 3 is 2.58 bits per heavy atom. The molecule has 0 aromatic heterocycles. The standard InChI is InChI=1S/C16H29N3O4S/c1-10(2)9-12(16(22)23)18-14(20)13-5-4-7-19(13)15(21)11(17)6-8-24-3/h10-13H,4-9,17H2,1-3H3,(H,18,20)(H,22,23). The maximum Gasteiger partial charge on any atom is 0.326 e. The Morgan fingerprint density at radius 1 is 1.38 bits per heavy atom. The molecule has 1 aliphatic heterocycles. The summed E-state index contributed by atoms with van der Waals surface area (Å²) in [5, 5.41) is 11.8. The van der Waals surface area contributed by atoms with E-state index in [0.717, 1.165) is 12.2 Å². The molecule has 3 unspecified atom stereocenters. The molecule has 1 fully saturated rings. The van der Waals surface area contributed by atoms with Gasteiger partial charge in [-0.25, -0.2) is 4.79 Å². The first-order valence-corrected chi connectivity index (χ1v) is 9.75. The SMILES string of the molecule is CSCCC(N)C(=O)N1CCCC1C(=O)NC(CC(C)C)C(=O)O. The number of nitrogens with one attached hydrogen (secondary N) is 1. The number of carbonyl (C=O) groups excluding carboxylic acids is 2. The van der Waals surface area contributed by atoms with Crippen LogP contribution in [0.1, 0.15) is 39.5 Å². The number of nitrogens with zero attached hydrogens (tertiary/aromatic N) is 1. The molecule has 24 heavy (non-hydrogen) atoms. The highest BCUT2D eigenvalue weighted by Gasteiger charge is 2.37. The second-order valence-electron chi connectivity index (χ2n) is 6.61. The quantitative estimate of drug-likeness (QED) is 0.558. The van der Waals surface area contributed by atoms with Gasteiger partial charge in [0.15, 0.2) is 0 Å². The Labute approximate surface area is 147 Å². The van der Waals surface area contributed by atoms with Gasteiger partial charge in [0.25, 0.3) is 0 Å². The van der Waals surface area contributed by atoms with Crippen LogP contribution in [0.3, 0.4) is 0 Å².